The predicted octanol–water partition coefficient (Wildman–Crippen LogP) is -3.02. The first-order chi connectivity index (χ1) is 19.5. The molecule has 2 saturated heterocycles. The van der Waals surface area contributed by atoms with Gasteiger partial charge in [-0.15, -0.1) is 0 Å². The fourth-order valence-corrected chi connectivity index (χ4v) is 6.60. The number of hydrogen-bond donors (Lipinski definition) is 6. The molecule has 0 bridgehead atoms. The van der Waals surface area contributed by atoms with E-state index >= 15 is 0 Å². The monoisotopic (exact) mass is 612 g/mol. The van der Waals surface area contributed by atoms with Gasteiger partial charge in [0.2, 0.25) is 11.5 Å². The van der Waals surface area contributed by atoms with Crippen LogP contribution in [0.25, 0.3) is 16.9 Å². The van der Waals surface area contributed by atoms with E-state index in [2.05, 4.69) is 19.9 Å². The van der Waals surface area contributed by atoms with Crippen LogP contribution in [0.4, 0.5) is 5.82 Å². The predicted molar refractivity (Wildman–Crippen MR) is 139 cm³/mol. The van der Waals surface area contributed by atoms with E-state index in [-0.39, 0.29) is 22.8 Å². The van der Waals surface area contributed by atoms with E-state index in [9.17, 15) is 30.1 Å². The molecule has 7 N–H and O–H groups in total. The fourth-order valence-electron chi connectivity index (χ4n) is 4.99. The van der Waals surface area contributed by atoms with Gasteiger partial charge in [0.25, 0.3) is 5.56 Å². The van der Waals surface area contributed by atoms with Gasteiger partial charge in [-0.3, -0.25) is 22.9 Å². The maximum Gasteiger partial charge on any atom is 0.326 e. The Kier molecular flexibility index (Phi) is 6.95. The molecule has 0 radical (unpaired) electrons. The molecular weight excluding hydrogens is 587 g/mol. The number of aliphatic hydroxyl groups excluding tert-OH is 3. The van der Waals surface area contributed by atoms with Crippen molar-refractivity contribution >= 4 is 41.3 Å². The fraction of sp³-hybridized carbons (Fsp3) is 0.476. The molecule has 0 saturated carbocycles. The molecule has 20 heteroatoms. The summed E-state index contributed by atoms with van der Waals surface area (Å²) in [5.74, 6) is 0.111. The Balaban J connectivity index is 1.24. The van der Waals surface area contributed by atoms with Gasteiger partial charge in [0, 0.05) is 24.7 Å². The minimum atomic E-state index is -4.30. The molecule has 0 spiro atoms. The molecule has 220 valence electrons. The molecule has 6 heterocycles. The number of rotatable bonds is 8. The largest absolute Gasteiger partial charge is 0.394 e. The van der Waals surface area contributed by atoms with Crippen LogP contribution in [0.2, 0.25) is 0 Å². The third-order valence-electron chi connectivity index (χ3n) is 7.14. The molecular formula is C21H25N8O10PS. The van der Waals surface area contributed by atoms with Crippen molar-refractivity contribution in [1.29, 1.82) is 0 Å². The van der Waals surface area contributed by atoms with Crippen molar-refractivity contribution < 1.29 is 43.8 Å². The van der Waals surface area contributed by atoms with Crippen LogP contribution in [0.1, 0.15) is 0 Å². The zero-order chi connectivity index (χ0) is 29.2. The van der Waals surface area contributed by atoms with Crippen LogP contribution >= 0.6 is 6.72 Å². The third-order valence-corrected chi connectivity index (χ3v) is 8.70. The van der Waals surface area contributed by atoms with Crippen LogP contribution < -0.4 is 11.3 Å². The zero-order valence-electron chi connectivity index (χ0n) is 20.9. The molecule has 7 atom stereocenters. The molecule has 0 amide bonds. The van der Waals surface area contributed by atoms with E-state index in [1.165, 1.54) is 50.8 Å². The van der Waals surface area contributed by atoms with Gasteiger partial charge in [0.05, 0.1) is 32.8 Å². The lowest BCUT2D eigenvalue weighted by Crippen LogP contribution is -2.49. The normalized spacial score (nSPS) is 31.7. The third kappa shape index (κ3) is 4.46. The van der Waals surface area contributed by atoms with Crippen molar-refractivity contribution in [3.8, 4) is 0 Å². The second kappa shape index (κ2) is 10.1. The molecule has 1 unspecified atom stereocenters. The van der Waals surface area contributed by atoms with Crippen molar-refractivity contribution in [2.45, 2.75) is 35.9 Å². The average Bonchev–Trinajstić information content (AvgIpc) is 3.72. The maximum absolute atomic E-state index is 12.3. The number of imidazole rings is 2. The van der Waals surface area contributed by atoms with Crippen molar-refractivity contribution in [3.05, 3.63) is 47.7 Å². The lowest BCUT2D eigenvalue weighted by atomic mass is 10.1. The quantitative estimate of drug-likeness (QED) is 0.108. The van der Waals surface area contributed by atoms with Crippen molar-refractivity contribution in [2.24, 2.45) is 0 Å². The van der Waals surface area contributed by atoms with Crippen molar-refractivity contribution in [2.75, 3.05) is 32.2 Å². The van der Waals surface area contributed by atoms with Crippen molar-refractivity contribution in [1.82, 2.24) is 33.5 Å². The Bertz CT molecular complexity index is 1720. The van der Waals surface area contributed by atoms with E-state index in [4.69, 9.17) is 36.1 Å². The van der Waals surface area contributed by atoms with Gasteiger partial charge in [-0.25, -0.2) is 19.9 Å². The highest BCUT2D eigenvalue weighted by Crippen LogP contribution is 2.53. The minimum absolute atomic E-state index is 0.0327. The second-order valence-corrected chi connectivity index (χ2v) is 12.3. The van der Waals surface area contributed by atoms with Gasteiger partial charge in [-0.2, -0.15) is 0 Å². The summed E-state index contributed by atoms with van der Waals surface area (Å²) in [4.78, 5) is 39.5. The molecule has 2 fully saturated rings. The Hall–Kier alpha value is -2.94. The van der Waals surface area contributed by atoms with Crippen LogP contribution in [0.5, 0.6) is 0 Å². The summed E-state index contributed by atoms with van der Waals surface area (Å²) in [6.07, 6.45) is 0.906. The lowest BCUT2D eigenvalue weighted by Gasteiger charge is -2.36. The minimum Gasteiger partial charge on any atom is -0.394 e. The van der Waals surface area contributed by atoms with Crippen molar-refractivity contribution in [3.63, 3.8) is 0 Å². The van der Waals surface area contributed by atoms with E-state index in [1.54, 1.807) is 0 Å². The first kappa shape index (κ1) is 28.2. The number of hydrogen-bond acceptors (Lipinski definition) is 15. The van der Waals surface area contributed by atoms with Gasteiger partial charge < -0.3 is 45.1 Å². The highest BCUT2D eigenvalue weighted by molar-refractivity contribution is 8.07. The molecule has 0 aromatic carbocycles. The first-order valence-electron chi connectivity index (χ1n) is 12.1. The standard InChI is InChI=1S/C21H25N8O10PS/c22-17-14-18(25-9-24-17)29(10-26-14)20(34)7-36-12(15(20)32)6-38-40(35,41)39-21(8-37-11(5-30)16(21)33)28-3-1-13(31)27-4-2-23-19(27)28/h1-4,9-12,15-16,30,32-34H,5-8H2,(H,35,41)(H2,22,24,25)/t11-,12-,15-,16-,20-,21+,40?/m1/s1. The first-order valence-corrected chi connectivity index (χ1v) is 14.7. The summed E-state index contributed by atoms with van der Waals surface area (Å²) in [5, 5.41) is 43.1. The smallest absolute Gasteiger partial charge is 0.326 e. The van der Waals surface area contributed by atoms with E-state index in [1.807, 2.05) is 0 Å². The molecule has 6 rings (SSSR count). The number of aliphatic hydroxyl groups is 4. The average molecular weight is 613 g/mol. The van der Waals surface area contributed by atoms with E-state index in [0.717, 1.165) is 0 Å². The highest BCUT2D eigenvalue weighted by Gasteiger charge is 2.56. The van der Waals surface area contributed by atoms with E-state index in [0.29, 0.717) is 0 Å². The second-order valence-electron chi connectivity index (χ2n) is 9.52. The Morgan fingerprint density at radius 1 is 1.12 bits per heavy atom. The number of nitrogens with two attached hydrogens (primary N) is 1. The molecule has 2 aliphatic heterocycles. The maximum atomic E-state index is 12.3. The van der Waals surface area contributed by atoms with Gasteiger partial charge in [-0.05, 0) is 11.8 Å². The summed E-state index contributed by atoms with van der Waals surface area (Å²) in [7, 11) is 0. The van der Waals surface area contributed by atoms with Gasteiger partial charge in [0.15, 0.2) is 17.2 Å². The summed E-state index contributed by atoms with van der Waals surface area (Å²) in [5.41, 5.74) is 1.76. The topological polar surface area (TPSA) is 247 Å². The summed E-state index contributed by atoms with van der Waals surface area (Å²) in [6.45, 7) is -6.24. The molecule has 4 aromatic heterocycles. The van der Waals surface area contributed by atoms with Crippen LogP contribution in [0.15, 0.2) is 42.1 Å². The van der Waals surface area contributed by atoms with Gasteiger partial charge in [-0.1, -0.05) is 0 Å². The number of fused-ring (bicyclic) bond motifs is 2. The molecule has 41 heavy (non-hydrogen) atoms. The SMILES string of the molecule is Nc1ncnc2c1ncn2[C@@]1(O)CO[C@H](COP(O)(=S)O[C@@]2(n3ccc(=O)n4ccnc34)CO[C@H](CO)[C@H]2O)[C@H]1O. The molecule has 4 aromatic rings. The van der Waals surface area contributed by atoms with Crippen LogP contribution in [-0.2, 0) is 41.8 Å². The van der Waals surface area contributed by atoms with Crippen LogP contribution in [-0.4, -0.2) is 110 Å². The van der Waals surface area contributed by atoms with E-state index < -0.39 is 74.6 Å². The number of ether oxygens (including phenoxy) is 2. The lowest BCUT2D eigenvalue weighted by molar-refractivity contribution is -0.112. The van der Waals surface area contributed by atoms with Crippen LogP contribution in [0.3, 0.4) is 0 Å². The summed E-state index contributed by atoms with van der Waals surface area (Å²) in [6, 6.07) is 1.18. The number of nitrogen functional groups attached to an aromatic ring is 1. The Morgan fingerprint density at radius 3 is 2.66 bits per heavy atom. The number of aromatic nitrogens is 7. The Morgan fingerprint density at radius 2 is 1.90 bits per heavy atom. The summed E-state index contributed by atoms with van der Waals surface area (Å²) < 4.78 is 26.1. The molecule has 0 aliphatic carbocycles. The molecule has 2 aliphatic rings. The molecule has 18 nitrogen and oxygen atoms in total. The Labute approximate surface area is 234 Å². The van der Waals surface area contributed by atoms with Crippen LogP contribution in [0, 0.1) is 0 Å². The summed E-state index contributed by atoms with van der Waals surface area (Å²) >= 11 is 5.24. The van der Waals surface area contributed by atoms with Gasteiger partial charge >= 0.3 is 6.72 Å². The number of anilines is 1. The number of nitrogens with zero attached hydrogens (tertiary/aromatic N) is 7. The zero-order valence-corrected chi connectivity index (χ0v) is 22.7. The van der Waals surface area contributed by atoms with Gasteiger partial charge in [0.1, 0.15) is 36.3 Å². The highest BCUT2D eigenvalue weighted by atomic mass is 32.5.